The second kappa shape index (κ2) is 5.76. The third-order valence-electron chi connectivity index (χ3n) is 2.61. The molecule has 8 heteroatoms. The van der Waals surface area contributed by atoms with E-state index in [9.17, 15) is 0 Å². The van der Waals surface area contributed by atoms with Crippen LogP contribution in [0.15, 0.2) is 43.0 Å². The Morgan fingerprint density at radius 2 is 2.14 bits per heavy atom. The lowest BCUT2D eigenvalue weighted by Crippen LogP contribution is -2.08. The van der Waals surface area contributed by atoms with Gasteiger partial charge < -0.3 is 10.5 Å². The molecule has 0 saturated carbocycles. The summed E-state index contributed by atoms with van der Waals surface area (Å²) in [4.78, 5) is 16.1. The van der Waals surface area contributed by atoms with Gasteiger partial charge in [-0.15, -0.1) is 0 Å². The average molecular weight is 303 g/mol. The van der Waals surface area contributed by atoms with Crippen LogP contribution in [-0.4, -0.2) is 24.5 Å². The average Bonchev–Trinajstić information content (AvgIpc) is 2.99. The van der Waals surface area contributed by atoms with Crippen LogP contribution in [-0.2, 0) is 6.61 Å². The number of hydrogen-bond acceptors (Lipinski definition) is 6. The standard InChI is InChI=1S/C13H11ClN6O/c14-10-3-1-2-9(6-10)7-21-13-18-11(15)17-12(19-13)20-5-4-16-8-20/h1-6,8H,7H2,(H2,15,17,18,19). The molecule has 0 spiro atoms. The van der Waals surface area contributed by atoms with Crippen molar-refractivity contribution in [1.29, 1.82) is 0 Å². The molecule has 7 nitrogen and oxygen atoms in total. The van der Waals surface area contributed by atoms with Crippen LogP contribution in [0.5, 0.6) is 6.01 Å². The minimum Gasteiger partial charge on any atom is -0.458 e. The van der Waals surface area contributed by atoms with Crippen molar-refractivity contribution in [2.24, 2.45) is 0 Å². The third kappa shape index (κ3) is 3.26. The van der Waals surface area contributed by atoms with Gasteiger partial charge in [-0.1, -0.05) is 23.7 Å². The molecule has 3 aromatic rings. The van der Waals surface area contributed by atoms with Crippen molar-refractivity contribution in [1.82, 2.24) is 24.5 Å². The van der Waals surface area contributed by atoms with E-state index < -0.39 is 0 Å². The topological polar surface area (TPSA) is 91.7 Å². The van der Waals surface area contributed by atoms with E-state index in [4.69, 9.17) is 22.1 Å². The number of imidazole rings is 1. The number of rotatable bonds is 4. The van der Waals surface area contributed by atoms with E-state index in [0.29, 0.717) is 11.0 Å². The summed E-state index contributed by atoms with van der Waals surface area (Å²) in [5.41, 5.74) is 6.57. The predicted octanol–water partition coefficient (Wildman–Crippen LogP) is 1.87. The fraction of sp³-hybridized carbons (Fsp3) is 0.0769. The molecule has 1 aromatic carbocycles. The van der Waals surface area contributed by atoms with Gasteiger partial charge in [0.05, 0.1) is 0 Å². The van der Waals surface area contributed by atoms with E-state index in [1.807, 2.05) is 18.2 Å². The van der Waals surface area contributed by atoms with Crippen LogP contribution < -0.4 is 10.5 Å². The first-order valence-corrected chi connectivity index (χ1v) is 6.45. The van der Waals surface area contributed by atoms with Crippen LogP contribution in [0.3, 0.4) is 0 Å². The zero-order chi connectivity index (χ0) is 14.7. The zero-order valence-electron chi connectivity index (χ0n) is 10.8. The van der Waals surface area contributed by atoms with Gasteiger partial charge in [0, 0.05) is 17.4 Å². The Morgan fingerprint density at radius 1 is 1.24 bits per heavy atom. The van der Waals surface area contributed by atoms with E-state index in [0.717, 1.165) is 5.56 Å². The predicted molar refractivity (Wildman–Crippen MR) is 77.1 cm³/mol. The molecule has 0 radical (unpaired) electrons. The lowest BCUT2D eigenvalue weighted by molar-refractivity contribution is 0.280. The molecular formula is C13H11ClN6O. The Hall–Kier alpha value is -2.67. The second-order valence-corrected chi connectivity index (χ2v) is 4.60. The Morgan fingerprint density at radius 3 is 2.90 bits per heavy atom. The summed E-state index contributed by atoms with van der Waals surface area (Å²) in [5, 5.41) is 0.644. The number of anilines is 1. The number of halogens is 1. The molecule has 0 aliphatic heterocycles. The molecule has 0 fully saturated rings. The molecule has 106 valence electrons. The maximum atomic E-state index is 5.92. The minimum atomic E-state index is 0.0785. The molecule has 0 saturated heterocycles. The van der Waals surface area contributed by atoms with E-state index >= 15 is 0 Å². The van der Waals surface area contributed by atoms with Crippen LogP contribution in [0.4, 0.5) is 5.95 Å². The van der Waals surface area contributed by atoms with Crippen LogP contribution in [0, 0.1) is 0 Å². The summed E-state index contributed by atoms with van der Waals surface area (Å²) in [6.45, 7) is 0.285. The zero-order valence-corrected chi connectivity index (χ0v) is 11.6. The van der Waals surface area contributed by atoms with Crippen molar-refractivity contribution in [2.45, 2.75) is 6.61 Å². The summed E-state index contributed by atoms with van der Waals surface area (Å²) in [7, 11) is 0. The van der Waals surface area contributed by atoms with Crippen molar-refractivity contribution >= 4 is 17.5 Å². The van der Waals surface area contributed by atoms with E-state index in [1.165, 1.54) is 0 Å². The van der Waals surface area contributed by atoms with Gasteiger partial charge in [0.25, 0.3) is 0 Å². The highest BCUT2D eigenvalue weighted by molar-refractivity contribution is 6.30. The minimum absolute atomic E-state index is 0.0785. The summed E-state index contributed by atoms with van der Waals surface area (Å²) in [5.74, 6) is 0.427. The highest BCUT2D eigenvalue weighted by Gasteiger charge is 2.07. The summed E-state index contributed by atoms with van der Waals surface area (Å²) >= 11 is 5.92. The molecule has 2 aromatic heterocycles. The monoisotopic (exact) mass is 302 g/mol. The SMILES string of the molecule is Nc1nc(OCc2cccc(Cl)c2)nc(-n2ccnc2)n1. The summed E-state index contributed by atoms with van der Waals surface area (Å²) < 4.78 is 7.15. The van der Waals surface area contributed by atoms with Crippen LogP contribution in [0.25, 0.3) is 5.95 Å². The second-order valence-electron chi connectivity index (χ2n) is 4.16. The maximum Gasteiger partial charge on any atom is 0.323 e. The van der Waals surface area contributed by atoms with Crippen molar-refractivity contribution in [3.63, 3.8) is 0 Å². The Labute approximate surface area is 125 Å². The van der Waals surface area contributed by atoms with Gasteiger partial charge in [-0.25, -0.2) is 4.98 Å². The lowest BCUT2D eigenvalue weighted by atomic mass is 10.2. The molecular weight excluding hydrogens is 292 g/mol. The normalized spacial score (nSPS) is 10.5. The molecule has 21 heavy (non-hydrogen) atoms. The number of ether oxygens (including phenoxy) is 1. The van der Waals surface area contributed by atoms with Crippen molar-refractivity contribution in [2.75, 3.05) is 5.73 Å². The molecule has 2 heterocycles. The number of nitrogens with zero attached hydrogens (tertiary/aromatic N) is 5. The van der Waals surface area contributed by atoms with Crippen molar-refractivity contribution in [3.8, 4) is 12.0 Å². The first kappa shape index (κ1) is 13.3. The smallest absolute Gasteiger partial charge is 0.323 e. The highest BCUT2D eigenvalue weighted by Crippen LogP contribution is 2.14. The van der Waals surface area contributed by atoms with Crippen molar-refractivity contribution < 1.29 is 4.74 Å². The van der Waals surface area contributed by atoms with Gasteiger partial charge >= 0.3 is 6.01 Å². The molecule has 0 aliphatic rings. The van der Waals surface area contributed by atoms with E-state index in [-0.39, 0.29) is 18.6 Å². The number of hydrogen-bond donors (Lipinski definition) is 1. The molecule has 2 N–H and O–H groups in total. The number of benzene rings is 1. The van der Waals surface area contributed by atoms with Gasteiger partial charge in [0.15, 0.2) is 0 Å². The van der Waals surface area contributed by atoms with Gasteiger partial charge in [-0.05, 0) is 17.7 Å². The molecule has 0 bridgehead atoms. The number of nitrogens with two attached hydrogens (primary N) is 1. The lowest BCUT2D eigenvalue weighted by Gasteiger charge is -2.07. The van der Waals surface area contributed by atoms with Crippen molar-refractivity contribution in [3.05, 3.63) is 53.6 Å². The molecule has 0 aliphatic carbocycles. The fourth-order valence-corrected chi connectivity index (χ4v) is 1.91. The van der Waals surface area contributed by atoms with Crippen LogP contribution >= 0.6 is 11.6 Å². The van der Waals surface area contributed by atoms with Crippen LogP contribution in [0.2, 0.25) is 5.02 Å². The largest absolute Gasteiger partial charge is 0.458 e. The maximum absolute atomic E-state index is 5.92. The van der Waals surface area contributed by atoms with Gasteiger partial charge in [0.2, 0.25) is 11.9 Å². The Balaban J connectivity index is 1.79. The molecule has 0 atom stereocenters. The van der Waals surface area contributed by atoms with E-state index in [2.05, 4.69) is 19.9 Å². The summed E-state index contributed by atoms with van der Waals surface area (Å²) in [6, 6.07) is 7.49. The molecule has 3 rings (SSSR count). The van der Waals surface area contributed by atoms with Crippen LogP contribution in [0.1, 0.15) is 5.56 Å². The number of nitrogen functional groups attached to an aromatic ring is 1. The molecule has 0 unspecified atom stereocenters. The first-order valence-electron chi connectivity index (χ1n) is 6.08. The Bertz CT molecular complexity index is 746. The quantitative estimate of drug-likeness (QED) is 0.791. The summed E-state index contributed by atoms with van der Waals surface area (Å²) in [6.07, 6.45) is 4.89. The van der Waals surface area contributed by atoms with E-state index in [1.54, 1.807) is 29.4 Å². The van der Waals surface area contributed by atoms with Gasteiger partial charge in [0.1, 0.15) is 12.9 Å². The highest BCUT2D eigenvalue weighted by atomic mass is 35.5. The first-order chi connectivity index (χ1) is 10.2. The number of aromatic nitrogens is 5. The van der Waals surface area contributed by atoms with Gasteiger partial charge in [-0.2, -0.15) is 15.0 Å². The molecule has 0 amide bonds. The fourth-order valence-electron chi connectivity index (χ4n) is 1.69. The van der Waals surface area contributed by atoms with Gasteiger partial charge in [-0.3, -0.25) is 4.57 Å². The Kier molecular flexibility index (Phi) is 3.65. The third-order valence-corrected chi connectivity index (χ3v) is 2.85.